The largest absolute Gasteiger partial charge is 0.389 e. The summed E-state index contributed by atoms with van der Waals surface area (Å²) in [5.41, 5.74) is 8.02. The van der Waals surface area contributed by atoms with Gasteiger partial charge in [0, 0.05) is 13.1 Å². The van der Waals surface area contributed by atoms with E-state index in [1.54, 1.807) is 0 Å². The van der Waals surface area contributed by atoms with Gasteiger partial charge < -0.3 is 11.1 Å². The molecule has 3 N–H and O–H groups in total. The number of hydrogen-bond donors (Lipinski definition) is 2. The molecule has 1 aliphatic carbocycles. The van der Waals surface area contributed by atoms with E-state index >= 15 is 0 Å². The van der Waals surface area contributed by atoms with Gasteiger partial charge in [0.1, 0.15) is 10.8 Å². The van der Waals surface area contributed by atoms with E-state index < -0.39 is 0 Å². The lowest BCUT2D eigenvalue weighted by Gasteiger charge is -2.36. The van der Waals surface area contributed by atoms with Crippen LogP contribution in [0.5, 0.6) is 0 Å². The van der Waals surface area contributed by atoms with Gasteiger partial charge in [-0.15, -0.1) is 0 Å². The first-order valence-corrected chi connectivity index (χ1v) is 7.31. The fraction of sp³-hybridized carbons (Fsp3) is 0.714. The van der Waals surface area contributed by atoms with Crippen molar-refractivity contribution in [2.24, 2.45) is 18.2 Å². The summed E-state index contributed by atoms with van der Waals surface area (Å²) in [6, 6.07) is 0.478. The van der Waals surface area contributed by atoms with Crippen LogP contribution in [0, 0.1) is 12.3 Å². The lowest BCUT2D eigenvalue weighted by Crippen LogP contribution is -2.33. The van der Waals surface area contributed by atoms with Gasteiger partial charge in [0.2, 0.25) is 0 Å². The van der Waals surface area contributed by atoms with Crippen LogP contribution in [0.15, 0.2) is 0 Å². The van der Waals surface area contributed by atoms with Gasteiger partial charge in [-0.2, -0.15) is 5.10 Å². The van der Waals surface area contributed by atoms with Crippen molar-refractivity contribution >= 4 is 23.0 Å². The number of aromatic nitrogens is 2. The number of nitrogens with zero attached hydrogens (tertiary/aromatic N) is 2. The van der Waals surface area contributed by atoms with Gasteiger partial charge >= 0.3 is 0 Å². The zero-order valence-electron chi connectivity index (χ0n) is 12.3. The van der Waals surface area contributed by atoms with Crippen LogP contribution >= 0.6 is 12.2 Å². The third kappa shape index (κ3) is 3.08. The van der Waals surface area contributed by atoms with E-state index in [4.69, 9.17) is 18.0 Å². The summed E-state index contributed by atoms with van der Waals surface area (Å²) in [6.45, 7) is 6.62. The fourth-order valence-electron chi connectivity index (χ4n) is 3.13. The normalized spacial score (nSPS) is 22.2. The van der Waals surface area contributed by atoms with Crippen LogP contribution in [0.1, 0.15) is 50.8 Å². The topological polar surface area (TPSA) is 55.9 Å². The first kappa shape index (κ1) is 14.3. The molecular formula is C14H24N4S. The monoisotopic (exact) mass is 280 g/mol. The van der Waals surface area contributed by atoms with Crippen LogP contribution in [0.25, 0.3) is 0 Å². The third-order valence-corrected chi connectivity index (χ3v) is 4.22. The van der Waals surface area contributed by atoms with E-state index in [9.17, 15) is 0 Å². The van der Waals surface area contributed by atoms with Crippen LogP contribution in [0.4, 0.5) is 5.82 Å². The van der Waals surface area contributed by atoms with E-state index in [0.29, 0.717) is 16.4 Å². The molecule has 5 heteroatoms. The summed E-state index contributed by atoms with van der Waals surface area (Å²) >= 11 is 5.15. The summed E-state index contributed by atoms with van der Waals surface area (Å²) in [4.78, 5) is 0.420. The molecule has 106 valence electrons. The number of nitrogens with two attached hydrogens (primary N) is 1. The maximum absolute atomic E-state index is 5.83. The summed E-state index contributed by atoms with van der Waals surface area (Å²) in [5.74, 6) is 0.965. The number of rotatable bonds is 3. The summed E-state index contributed by atoms with van der Waals surface area (Å²) < 4.78 is 1.85. The Labute approximate surface area is 120 Å². The minimum atomic E-state index is 0.410. The quantitative estimate of drug-likeness (QED) is 0.836. The second-order valence-electron chi connectivity index (χ2n) is 6.40. The maximum Gasteiger partial charge on any atom is 0.134 e. The van der Waals surface area contributed by atoms with E-state index in [-0.39, 0.29) is 0 Å². The van der Waals surface area contributed by atoms with Crippen LogP contribution in [0.2, 0.25) is 0 Å². The number of hydrogen-bond acceptors (Lipinski definition) is 3. The second kappa shape index (κ2) is 5.12. The predicted octanol–water partition coefficient (Wildman–Crippen LogP) is 2.74. The van der Waals surface area contributed by atoms with Gasteiger partial charge in [-0.05, 0) is 31.6 Å². The van der Waals surface area contributed by atoms with Crippen molar-refractivity contribution < 1.29 is 0 Å². The zero-order valence-corrected chi connectivity index (χ0v) is 13.1. The van der Waals surface area contributed by atoms with Crippen molar-refractivity contribution in [3.8, 4) is 0 Å². The first-order chi connectivity index (χ1) is 8.80. The van der Waals surface area contributed by atoms with Gasteiger partial charge in [-0.3, -0.25) is 4.68 Å². The first-order valence-electron chi connectivity index (χ1n) is 6.90. The van der Waals surface area contributed by atoms with Crippen molar-refractivity contribution in [2.75, 3.05) is 5.32 Å². The smallest absolute Gasteiger partial charge is 0.134 e. The summed E-state index contributed by atoms with van der Waals surface area (Å²) in [5, 5.41) is 8.03. The molecular weight excluding hydrogens is 256 g/mol. The molecule has 1 aromatic rings. The van der Waals surface area contributed by atoms with Crippen LogP contribution in [-0.4, -0.2) is 20.8 Å². The number of anilines is 1. The molecule has 1 aromatic heterocycles. The molecule has 1 fully saturated rings. The highest BCUT2D eigenvalue weighted by molar-refractivity contribution is 7.80. The fourth-order valence-corrected chi connectivity index (χ4v) is 3.38. The average Bonchev–Trinajstić information content (AvgIpc) is 2.52. The third-order valence-electron chi connectivity index (χ3n) is 4.01. The predicted molar refractivity (Wildman–Crippen MR) is 83.5 cm³/mol. The van der Waals surface area contributed by atoms with Gasteiger partial charge in [-0.25, -0.2) is 0 Å². The highest BCUT2D eigenvalue weighted by Gasteiger charge is 2.29. The van der Waals surface area contributed by atoms with Crippen molar-refractivity contribution in [1.82, 2.24) is 9.78 Å². The Bertz CT molecular complexity index is 490. The SMILES string of the molecule is Cc1nn(C)c(NC2CCCC(C)(C)C2)c1C(N)=S. The molecule has 1 heterocycles. The van der Waals surface area contributed by atoms with Crippen molar-refractivity contribution in [1.29, 1.82) is 0 Å². The average molecular weight is 280 g/mol. The molecule has 0 spiro atoms. The number of aryl methyl sites for hydroxylation is 2. The molecule has 1 saturated carbocycles. The Hall–Kier alpha value is -1.10. The molecule has 1 aliphatic rings. The zero-order chi connectivity index (χ0) is 14.2. The number of nitrogens with one attached hydrogen (secondary N) is 1. The Morgan fingerprint density at radius 1 is 1.53 bits per heavy atom. The lowest BCUT2D eigenvalue weighted by atomic mass is 9.75. The van der Waals surface area contributed by atoms with Gasteiger partial charge in [0.15, 0.2) is 0 Å². The molecule has 0 bridgehead atoms. The minimum Gasteiger partial charge on any atom is -0.389 e. The Kier molecular flexibility index (Phi) is 3.85. The van der Waals surface area contributed by atoms with Gasteiger partial charge in [0.05, 0.1) is 11.3 Å². The molecule has 2 rings (SSSR count). The molecule has 0 amide bonds. The van der Waals surface area contributed by atoms with Crippen LogP contribution < -0.4 is 11.1 Å². The van der Waals surface area contributed by atoms with E-state index in [1.165, 1.54) is 25.7 Å². The number of thiocarbonyl (C=S) groups is 1. The Balaban J connectivity index is 2.21. The molecule has 0 aliphatic heterocycles. The minimum absolute atomic E-state index is 0.410. The van der Waals surface area contributed by atoms with E-state index in [1.807, 2.05) is 18.7 Å². The van der Waals surface area contributed by atoms with Gasteiger partial charge in [0.25, 0.3) is 0 Å². The maximum atomic E-state index is 5.83. The van der Waals surface area contributed by atoms with E-state index in [0.717, 1.165) is 17.1 Å². The second-order valence-corrected chi connectivity index (χ2v) is 6.84. The van der Waals surface area contributed by atoms with Crippen molar-refractivity contribution in [3.63, 3.8) is 0 Å². The summed E-state index contributed by atoms with van der Waals surface area (Å²) in [6.07, 6.45) is 4.94. The molecule has 19 heavy (non-hydrogen) atoms. The standard InChI is InChI=1S/C14H24N4S/c1-9-11(12(15)19)13(18(4)17-9)16-10-6-5-7-14(2,3)8-10/h10,16H,5-8H2,1-4H3,(H2,15,19). The highest BCUT2D eigenvalue weighted by atomic mass is 32.1. The molecule has 4 nitrogen and oxygen atoms in total. The molecule has 1 unspecified atom stereocenters. The molecule has 0 radical (unpaired) electrons. The van der Waals surface area contributed by atoms with E-state index in [2.05, 4.69) is 24.3 Å². The summed E-state index contributed by atoms with van der Waals surface area (Å²) in [7, 11) is 1.94. The molecule has 0 saturated heterocycles. The van der Waals surface area contributed by atoms with Crippen molar-refractivity contribution in [3.05, 3.63) is 11.3 Å². The van der Waals surface area contributed by atoms with Gasteiger partial charge in [-0.1, -0.05) is 32.5 Å². The Morgan fingerprint density at radius 3 is 2.79 bits per heavy atom. The lowest BCUT2D eigenvalue weighted by molar-refractivity contribution is 0.229. The Morgan fingerprint density at radius 2 is 2.21 bits per heavy atom. The molecule has 0 aromatic carbocycles. The highest BCUT2D eigenvalue weighted by Crippen LogP contribution is 2.36. The molecule has 1 atom stereocenters. The van der Waals surface area contributed by atoms with Crippen LogP contribution in [0.3, 0.4) is 0 Å². The van der Waals surface area contributed by atoms with Crippen molar-refractivity contribution in [2.45, 2.75) is 52.5 Å². The van der Waals surface area contributed by atoms with Crippen LogP contribution in [-0.2, 0) is 7.05 Å².